The molecule has 1 spiro atoms. The zero-order chi connectivity index (χ0) is 13.2. The molecule has 1 aliphatic heterocycles. The van der Waals surface area contributed by atoms with Gasteiger partial charge < -0.3 is 14.6 Å². The molecule has 1 N–H and O–H groups in total. The molecule has 0 aromatic heterocycles. The van der Waals surface area contributed by atoms with Crippen molar-refractivity contribution in [1.29, 1.82) is 0 Å². The molecule has 1 saturated heterocycles. The first-order valence-corrected chi connectivity index (χ1v) is 7.23. The molecule has 1 aromatic rings. The maximum atomic E-state index is 9.44. The van der Waals surface area contributed by atoms with E-state index in [1.165, 1.54) is 5.56 Å². The molecule has 104 valence electrons. The van der Waals surface area contributed by atoms with Gasteiger partial charge in [-0.2, -0.15) is 0 Å². The molecule has 0 unspecified atom stereocenters. The second kappa shape index (κ2) is 5.23. The zero-order valence-corrected chi connectivity index (χ0v) is 11.3. The first-order valence-electron chi connectivity index (χ1n) is 7.23. The summed E-state index contributed by atoms with van der Waals surface area (Å²) in [6.07, 6.45) is 4.74. The zero-order valence-electron chi connectivity index (χ0n) is 11.3. The summed E-state index contributed by atoms with van der Waals surface area (Å²) < 4.78 is 11.6. The molecule has 3 nitrogen and oxygen atoms in total. The molecule has 1 heterocycles. The molecule has 0 bridgehead atoms. The SMILES string of the molecule is OCCC1(c2ccccc2)CCC2(CC1)OCCO2. The summed E-state index contributed by atoms with van der Waals surface area (Å²) in [5, 5.41) is 9.44. The van der Waals surface area contributed by atoms with Gasteiger partial charge in [0.25, 0.3) is 0 Å². The lowest BCUT2D eigenvalue weighted by atomic mass is 9.66. The van der Waals surface area contributed by atoms with E-state index < -0.39 is 0 Å². The Hall–Kier alpha value is -0.900. The van der Waals surface area contributed by atoms with Crippen LogP contribution in [0.5, 0.6) is 0 Å². The largest absolute Gasteiger partial charge is 0.396 e. The van der Waals surface area contributed by atoms with Gasteiger partial charge in [-0.1, -0.05) is 30.3 Å². The van der Waals surface area contributed by atoms with Crippen molar-refractivity contribution in [3.05, 3.63) is 35.9 Å². The molecule has 19 heavy (non-hydrogen) atoms. The van der Waals surface area contributed by atoms with Crippen LogP contribution in [0.2, 0.25) is 0 Å². The van der Waals surface area contributed by atoms with Crippen molar-refractivity contribution >= 4 is 0 Å². The lowest BCUT2D eigenvalue weighted by Crippen LogP contribution is -2.42. The number of hydrogen-bond donors (Lipinski definition) is 1. The highest BCUT2D eigenvalue weighted by atomic mass is 16.7. The Morgan fingerprint density at radius 2 is 1.58 bits per heavy atom. The summed E-state index contributed by atoms with van der Waals surface area (Å²) in [6.45, 7) is 1.68. The average Bonchev–Trinajstić information content (AvgIpc) is 2.92. The maximum Gasteiger partial charge on any atom is 0.168 e. The van der Waals surface area contributed by atoms with Crippen LogP contribution < -0.4 is 0 Å². The summed E-state index contributed by atoms with van der Waals surface area (Å²) in [6, 6.07) is 10.6. The minimum atomic E-state index is -0.326. The van der Waals surface area contributed by atoms with E-state index in [9.17, 15) is 5.11 Å². The van der Waals surface area contributed by atoms with Crippen molar-refractivity contribution in [1.82, 2.24) is 0 Å². The van der Waals surface area contributed by atoms with Gasteiger partial charge in [-0.15, -0.1) is 0 Å². The fraction of sp³-hybridized carbons (Fsp3) is 0.625. The third-order valence-electron chi connectivity index (χ3n) is 4.76. The van der Waals surface area contributed by atoms with E-state index in [2.05, 4.69) is 24.3 Å². The van der Waals surface area contributed by atoms with E-state index in [1.807, 2.05) is 6.07 Å². The van der Waals surface area contributed by atoms with E-state index in [-0.39, 0.29) is 17.8 Å². The summed E-state index contributed by atoms with van der Waals surface area (Å²) >= 11 is 0. The molecule has 0 radical (unpaired) electrons. The van der Waals surface area contributed by atoms with Crippen LogP contribution in [-0.2, 0) is 14.9 Å². The van der Waals surface area contributed by atoms with Crippen LogP contribution in [0.25, 0.3) is 0 Å². The van der Waals surface area contributed by atoms with E-state index in [0.717, 1.165) is 45.3 Å². The van der Waals surface area contributed by atoms with Gasteiger partial charge in [0.1, 0.15) is 0 Å². The molecule has 0 amide bonds. The fourth-order valence-corrected chi connectivity index (χ4v) is 3.58. The van der Waals surface area contributed by atoms with Gasteiger partial charge in [0.15, 0.2) is 5.79 Å². The van der Waals surface area contributed by atoms with Crippen LogP contribution >= 0.6 is 0 Å². The summed E-state index contributed by atoms with van der Waals surface area (Å²) in [5.41, 5.74) is 1.44. The molecular weight excluding hydrogens is 240 g/mol. The van der Waals surface area contributed by atoms with Crippen molar-refractivity contribution in [3.63, 3.8) is 0 Å². The van der Waals surface area contributed by atoms with Crippen molar-refractivity contribution in [2.45, 2.75) is 43.3 Å². The minimum Gasteiger partial charge on any atom is -0.396 e. The van der Waals surface area contributed by atoms with Crippen molar-refractivity contribution < 1.29 is 14.6 Å². The second-order valence-corrected chi connectivity index (χ2v) is 5.73. The smallest absolute Gasteiger partial charge is 0.168 e. The van der Waals surface area contributed by atoms with E-state index in [0.29, 0.717) is 0 Å². The third kappa shape index (κ3) is 2.42. The summed E-state index contributed by atoms with van der Waals surface area (Å²) in [7, 11) is 0. The Kier molecular flexibility index (Phi) is 3.61. The van der Waals surface area contributed by atoms with Gasteiger partial charge in [-0.05, 0) is 30.2 Å². The van der Waals surface area contributed by atoms with E-state index in [1.54, 1.807) is 0 Å². The van der Waals surface area contributed by atoms with Crippen LogP contribution in [-0.4, -0.2) is 30.7 Å². The standard InChI is InChI=1S/C16H22O3/c17-11-10-15(14-4-2-1-3-5-14)6-8-16(9-7-15)18-12-13-19-16/h1-5,17H,6-13H2. The quantitative estimate of drug-likeness (QED) is 0.910. The highest BCUT2D eigenvalue weighted by Gasteiger charge is 2.46. The molecule has 1 aliphatic carbocycles. The van der Waals surface area contributed by atoms with Gasteiger partial charge >= 0.3 is 0 Å². The molecule has 2 fully saturated rings. The van der Waals surface area contributed by atoms with Crippen LogP contribution in [0.4, 0.5) is 0 Å². The highest BCUT2D eigenvalue weighted by Crippen LogP contribution is 2.47. The van der Waals surface area contributed by atoms with Gasteiger partial charge in [0, 0.05) is 19.4 Å². The predicted octanol–water partition coefficient (Wildman–Crippen LogP) is 2.62. The summed E-state index contributed by atoms with van der Waals surface area (Å²) in [5.74, 6) is -0.326. The van der Waals surface area contributed by atoms with Crippen molar-refractivity contribution in [2.24, 2.45) is 0 Å². The fourth-order valence-electron chi connectivity index (χ4n) is 3.58. The Morgan fingerprint density at radius 1 is 0.947 bits per heavy atom. The number of benzene rings is 1. The van der Waals surface area contributed by atoms with Crippen molar-refractivity contribution in [2.75, 3.05) is 19.8 Å². The normalized spacial score (nSPS) is 24.7. The topological polar surface area (TPSA) is 38.7 Å². The maximum absolute atomic E-state index is 9.44. The minimum absolute atomic E-state index is 0.0938. The van der Waals surface area contributed by atoms with E-state index >= 15 is 0 Å². The first-order chi connectivity index (χ1) is 9.29. The number of rotatable bonds is 3. The third-order valence-corrected chi connectivity index (χ3v) is 4.76. The lowest BCUT2D eigenvalue weighted by Gasteiger charge is -2.44. The second-order valence-electron chi connectivity index (χ2n) is 5.73. The first kappa shape index (κ1) is 13.1. The van der Waals surface area contributed by atoms with Crippen LogP contribution in [0.1, 0.15) is 37.7 Å². The van der Waals surface area contributed by atoms with Gasteiger partial charge in [0.05, 0.1) is 13.2 Å². The van der Waals surface area contributed by atoms with Gasteiger partial charge in [0.2, 0.25) is 0 Å². The molecule has 0 atom stereocenters. The predicted molar refractivity (Wildman–Crippen MR) is 72.9 cm³/mol. The Balaban J connectivity index is 1.80. The highest BCUT2D eigenvalue weighted by molar-refractivity contribution is 5.26. The molecular formula is C16H22O3. The molecule has 1 aromatic carbocycles. The van der Waals surface area contributed by atoms with Crippen LogP contribution in [0, 0.1) is 0 Å². The Morgan fingerprint density at radius 3 is 2.16 bits per heavy atom. The Bertz CT molecular complexity index is 399. The monoisotopic (exact) mass is 262 g/mol. The van der Waals surface area contributed by atoms with E-state index in [4.69, 9.17) is 9.47 Å². The summed E-state index contributed by atoms with van der Waals surface area (Å²) in [4.78, 5) is 0. The van der Waals surface area contributed by atoms with Gasteiger partial charge in [-0.3, -0.25) is 0 Å². The number of aliphatic hydroxyl groups is 1. The average molecular weight is 262 g/mol. The Labute approximate surface area is 114 Å². The number of aliphatic hydroxyl groups excluding tert-OH is 1. The van der Waals surface area contributed by atoms with Crippen LogP contribution in [0.3, 0.4) is 0 Å². The molecule has 3 heteroatoms. The number of hydrogen-bond acceptors (Lipinski definition) is 3. The van der Waals surface area contributed by atoms with Gasteiger partial charge in [-0.25, -0.2) is 0 Å². The lowest BCUT2D eigenvalue weighted by molar-refractivity contribution is -0.186. The number of ether oxygens (including phenoxy) is 2. The van der Waals surface area contributed by atoms with Crippen LogP contribution in [0.15, 0.2) is 30.3 Å². The molecule has 3 rings (SSSR count). The molecule has 1 saturated carbocycles. The van der Waals surface area contributed by atoms with Crippen molar-refractivity contribution in [3.8, 4) is 0 Å². The molecule has 2 aliphatic rings.